The third-order valence-electron chi connectivity index (χ3n) is 4.79. The molecule has 0 unspecified atom stereocenters. The van der Waals surface area contributed by atoms with Crippen LogP contribution in [0.1, 0.15) is 39.0 Å². The number of carbonyl (C=O) groups is 2. The van der Waals surface area contributed by atoms with Gasteiger partial charge < -0.3 is 9.73 Å². The number of Topliss-reactive ketones (excluding diaryl/α,β-unsaturated/α-hetero) is 1. The second-order valence-electron chi connectivity index (χ2n) is 7.00. The lowest BCUT2D eigenvalue weighted by atomic mass is 10.1. The first-order chi connectivity index (χ1) is 14.6. The molecule has 1 amide bonds. The van der Waals surface area contributed by atoms with Gasteiger partial charge in [-0.05, 0) is 36.2 Å². The van der Waals surface area contributed by atoms with Gasteiger partial charge in [-0.1, -0.05) is 48.5 Å². The maximum atomic E-state index is 12.4. The van der Waals surface area contributed by atoms with Crippen molar-refractivity contribution in [3.8, 4) is 11.3 Å². The molecule has 0 aliphatic heterocycles. The van der Waals surface area contributed by atoms with Crippen molar-refractivity contribution in [2.45, 2.75) is 20.0 Å². The van der Waals surface area contributed by atoms with Gasteiger partial charge in [0.1, 0.15) is 5.76 Å². The molecule has 4 rings (SSSR count). The van der Waals surface area contributed by atoms with E-state index in [0.29, 0.717) is 24.4 Å². The van der Waals surface area contributed by atoms with E-state index in [1.807, 2.05) is 53.3 Å². The van der Waals surface area contributed by atoms with Crippen molar-refractivity contribution in [3.63, 3.8) is 0 Å². The minimum atomic E-state index is -0.276. The first-order valence-electron chi connectivity index (χ1n) is 9.63. The van der Waals surface area contributed by atoms with Crippen LogP contribution in [-0.2, 0) is 13.1 Å². The number of nitrogens with one attached hydrogen (secondary N) is 1. The zero-order chi connectivity index (χ0) is 20.9. The largest absolute Gasteiger partial charge is 0.451 e. The van der Waals surface area contributed by atoms with Gasteiger partial charge >= 0.3 is 0 Å². The van der Waals surface area contributed by atoms with Crippen molar-refractivity contribution in [3.05, 3.63) is 102 Å². The molecule has 2 aromatic heterocycles. The zero-order valence-electron chi connectivity index (χ0n) is 16.5. The van der Waals surface area contributed by atoms with Gasteiger partial charge in [-0.2, -0.15) is 5.10 Å². The van der Waals surface area contributed by atoms with E-state index in [1.165, 1.54) is 6.92 Å². The van der Waals surface area contributed by atoms with Crippen molar-refractivity contribution in [2.24, 2.45) is 0 Å². The molecule has 0 fully saturated rings. The molecule has 2 aromatic carbocycles. The predicted octanol–water partition coefficient (Wildman–Crippen LogP) is 4.32. The molecule has 0 saturated heterocycles. The molecule has 30 heavy (non-hydrogen) atoms. The number of amides is 1. The molecule has 0 bridgehead atoms. The van der Waals surface area contributed by atoms with E-state index >= 15 is 0 Å². The molecule has 0 saturated carbocycles. The number of nitrogens with zero attached hydrogens (tertiary/aromatic N) is 2. The molecular weight excluding hydrogens is 378 g/mol. The first-order valence-corrected chi connectivity index (χ1v) is 9.63. The van der Waals surface area contributed by atoms with Gasteiger partial charge in [0.25, 0.3) is 5.91 Å². The summed E-state index contributed by atoms with van der Waals surface area (Å²) in [5.41, 5.74) is 3.59. The summed E-state index contributed by atoms with van der Waals surface area (Å²) in [5, 5.41) is 7.07. The summed E-state index contributed by atoms with van der Waals surface area (Å²) in [5.74, 6) is 0.562. The molecule has 0 atom stereocenters. The number of hydrogen-bond acceptors (Lipinski definition) is 4. The molecule has 1 N–H and O–H groups in total. The van der Waals surface area contributed by atoms with Crippen LogP contribution < -0.4 is 5.32 Å². The van der Waals surface area contributed by atoms with Crippen molar-refractivity contribution >= 4 is 11.7 Å². The van der Waals surface area contributed by atoms with Crippen LogP contribution in [0.5, 0.6) is 0 Å². The Labute approximate surface area is 174 Å². The normalized spacial score (nSPS) is 10.7. The van der Waals surface area contributed by atoms with Crippen LogP contribution >= 0.6 is 0 Å². The molecule has 0 aliphatic rings. The number of hydrogen-bond donors (Lipinski definition) is 1. The molecule has 4 aromatic rings. The highest BCUT2D eigenvalue weighted by Crippen LogP contribution is 2.23. The Morgan fingerprint density at radius 1 is 0.967 bits per heavy atom. The van der Waals surface area contributed by atoms with Crippen LogP contribution in [0.4, 0.5) is 0 Å². The third-order valence-corrected chi connectivity index (χ3v) is 4.79. The molecule has 6 nitrogen and oxygen atoms in total. The van der Waals surface area contributed by atoms with Gasteiger partial charge in [0, 0.05) is 30.1 Å². The number of ketones is 1. The van der Waals surface area contributed by atoms with Gasteiger partial charge in [-0.25, -0.2) is 0 Å². The van der Waals surface area contributed by atoms with E-state index in [-0.39, 0.29) is 17.5 Å². The Kier molecular flexibility index (Phi) is 5.57. The minimum absolute atomic E-state index is 0.00970. The quantitative estimate of drug-likeness (QED) is 0.470. The molecule has 150 valence electrons. The SMILES string of the molecule is CC(=O)c1ccc(-c2ccc(C(=O)NCc3ccc(Cn4cccn4)cc3)o2)cc1. The average molecular weight is 399 g/mol. The minimum Gasteiger partial charge on any atom is -0.451 e. The molecule has 0 aliphatic carbocycles. The van der Waals surface area contributed by atoms with Crippen LogP contribution in [-0.4, -0.2) is 21.5 Å². The van der Waals surface area contributed by atoms with Gasteiger partial charge in [-0.15, -0.1) is 0 Å². The monoisotopic (exact) mass is 399 g/mol. The Bertz CT molecular complexity index is 1140. The number of carbonyl (C=O) groups excluding carboxylic acids is 2. The molecule has 6 heteroatoms. The van der Waals surface area contributed by atoms with Crippen molar-refractivity contribution < 1.29 is 14.0 Å². The fraction of sp³-hybridized carbons (Fsp3) is 0.125. The summed E-state index contributed by atoms with van der Waals surface area (Å²) in [7, 11) is 0. The molecular formula is C24H21N3O3. The summed E-state index contributed by atoms with van der Waals surface area (Å²) in [6.45, 7) is 2.64. The first kappa shape index (κ1) is 19.4. The molecule has 2 heterocycles. The predicted molar refractivity (Wildman–Crippen MR) is 113 cm³/mol. The maximum Gasteiger partial charge on any atom is 0.287 e. The second kappa shape index (κ2) is 8.61. The Morgan fingerprint density at radius 3 is 2.37 bits per heavy atom. The Hall–Kier alpha value is -3.93. The fourth-order valence-electron chi connectivity index (χ4n) is 3.10. The van der Waals surface area contributed by atoms with Crippen LogP contribution in [0.2, 0.25) is 0 Å². The van der Waals surface area contributed by atoms with Crippen molar-refractivity contribution in [1.29, 1.82) is 0 Å². The average Bonchev–Trinajstić information content (AvgIpc) is 3.45. The van der Waals surface area contributed by atoms with E-state index in [1.54, 1.807) is 30.5 Å². The highest BCUT2D eigenvalue weighted by atomic mass is 16.3. The zero-order valence-corrected chi connectivity index (χ0v) is 16.5. The van der Waals surface area contributed by atoms with Gasteiger partial charge in [0.15, 0.2) is 11.5 Å². The van der Waals surface area contributed by atoms with Gasteiger partial charge in [0.2, 0.25) is 0 Å². The van der Waals surface area contributed by atoms with Gasteiger partial charge in [-0.3, -0.25) is 14.3 Å². The summed E-state index contributed by atoms with van der Waals surface area (Å²) in [6, 6.07) is 20.4. The lowest BCUT2D eigenvalue weighted by Crippen LogP contribution is -2.22. The van der Waals surface area contributed by atoms with E-state index < -0.39 is 0 Å². The number of aromatic nitrogens is 2. The van der Waals surface area contributed by atoms with E-state index in [9.17, 15) is 9.59 Å². The highest BCUT2D eigenvalue weighted by Gasteiger charge is 2.12. The van der Waals surface area contributed by atoms with Crippen LogP contribution in [0.3, 0.4) is 0 Å². The Morgan fingerprint density at radius 2 is 1.70 bits per heavy atom. The third kappa shape index (κ3) is 4.55. The fourth-order valence-corrected chi connectivity index (χ4v) is 3.10. The maximum absolute atomic E-state index is 12.4. The summed E-state index contributed by atoms with van der Waals surface area (Å²) >= 11 is 0. The van der Waals surface area contributed by atoms with Crippen LogP contribution in [0.25, 0.3) is 11.3 Å². The molecule has 0 spiro atoms. The lowest BCUT2D eigenvalue weighted by molar-refractivity contribution is 0.0923. The summed E-state index contributed by atoms with van der Waals surface area (Å²) < 4.78 is 7.55. The van der Waals surface area contributed by atoms with Gasteiger partial charge in [0.05, 0.1) is 6.54 Å². The number of furan rings is 1. The van der Waals surface area contributed by atoms with E-state index in [0.717, 1.165) is 16.7 Å². The standard InChI is InChI=1S/C24H21N3O3/c1-17(28)20-7-9-21(10-8-20)22-11-12-23(30-22)24(29)25-15-18-3-5-19(6-4-18)16-27-14-2-13-26-27/h2-14H,15-16H2,1H3,(H,25,29). The van der Waals surface area contributed by atoms with Crippen LogP contribution in [0.15, 0.2) is 83.5 Å². The van der Waals surface area contributed by atoms with Crippen LogP contribution in [0, 0.1) is 0 Å². The highest BCUT2D eigenvalue weighted by molar-refractivity contribution is 5.94. The summed E-state index contributed by atoms with van der Waals surface area (Å²) in [6.07, 6.45) is 3.68. The van der Waals surface area contributed by atoms with Crippen molar-refractivity contribution in [1.82, 2.24) is 15.1 Å². The Balaban J connectivity index is 1.34. The van der Waals surface area contributed by atoms with E-state index in [4.69, 9.17) is 4.42 Å². The van der Waals surface area contributed by atoms with Crippen molar-refractivity contribution in [2.75, 3.05) is 0 Å². The topological polar surface area (TPSA) is 77.1 Å². The number of benzene rings is 2. The lowest BCUT2D eigenvalue weighted by Gasteiger charge is -2.06. The number of rotatable bonds is 7. The second-order valence-corrected chi connectivity index (χ2v) is 7.00. The smallest absolute Gasteiger partial charge is 0.287 e. The van der Waals surface area contributed by atoms with E-state index in [2.05, 4.69) is 10.4 Å². The summed E-state index contributed by atoms with van der Waals surface area (Å²) in [4.78, 5) is 23.8. The molecule has 0 radical (unpaired) electrons.